The molecule has 3 heterocycles. The van der Waals surface area contributed by atoms with Crippen molar-refractivity contribution in [3.05, 3.63) is 249 Å². The second-order valence-electron chi connectivity index (χ2n) is 17.9. The molecule has 0 fully saturated rings. The molecule has 3 aliphatic rings. The van der Waals surface area contributed by atoms with Crippen LogP contribution in [0, 0.1) is 0 Å². The molecule has 0 N–H and O–H groups in total. The molecule has 328 valence electrons. The van der Waals surface area contributed by atoms with Crippen LogP contribution < -0.4 is 19.1 Å². The van der Waals surface area contributed by atoms with Gasteiger partial charge in [-0.1, -0.05) is 176 Å². The van der Waals surface area contributed by atoms with Gasteiger partial charge in [-0.05, 0) is 123 Å². The lowest BCUT2D eigenvalue weighted by molar-refractivity contribution is 0.487. The molecule has 11 aromatic rings. The Balaban J connectivity index is 0.889. The van der Waals surface area contributed by atoms with Crippen LogP contribution in [0.2, 0.25) is 0 Å². The van der Waals surface area contributed by atoms with E-state index >= 15 is 0 Å². The lowest BCUT2D eigenvalue weighted by Crippen LogP contribution is -2.10. The summed E-state index contributed by atoms with van der Waals surface area (Å²) in [6.45, 7) is 0. The van der Waals surface area contributed by atoms with E-state index in [1.165, 1.54) is 11.1 Å². The zero-order valence-electron chi connectivity index (χ0n) is 37.8. The van der Waals surface area contributed by atoms with Gasteiger partial charge in [0.15, 0.2) is 0 Å². The minimum atomic E-state index is 0.833. The molecule has 3 aliphatic heterocycles. The molecule has 4 heteroatoms. The zero-order chi connectivity index (χ0) is 46.1. The van der Waals surface area contributed by atoms with Gasteiger partial charge < -0.3 is 19.1 Å². The van der Waals surface area contributed by atoms with Crippen molar-refractivity contribution in [3.63, 3.8) is 0 Å². The standard InChI is InChI=1S/C66H41NO3/c1-7-22-60-51(14-1)49-38-36-46(40-58(49)54-17-4-10-25-63(54)68-60)67(47-37-39-50-52-15-2-8-23-61(52)69-64-26-11-5-18-55(64)59(50)41-47)45-34-32-43(33-35-45)42-28-30-44(31-29-42)48-20-13-21-56-53-16-3-9-24-62(53)70-65-27-12-6-19-57(65)66(48)56/h1-41H. The lowest BCUT2D eigenvalue weighted by Gasteiger charge is -2.28. The van der Waals surface area contributed by atoms with Crippen molar-refractivity contribution in [2.75, 3.05) is 4.90 Å². The summed E-state index contributed by atoms with van der Waals surface area (Å²) >= 11 is 0. The molecule has 0 radical (unpaired) electrons. The second kappa shape index (κ2) is 16.2. The largest absolute Gasteiger partial charge is 0.456 e. The van der Waals surface area contributed by atoms with Crippen LogP contribution in [0.4, 0.5) is 17.1 Å². The van der Waals surface area contributed by atoms with E-state index in [9.17, 15) is 0 Å². The van der Waals surface area contributed by atoms with Gasteiger partial charge in [-0.2, -0.15) is 0 Å². The molecule has 0 spiro atoms. The smallest absolute Gasteiger partial charge is 0.135 e. The Morgan fingerprint density at radius 3 is 0.971 bits per heavy atom. The minimum Gasteiger partial charge on any atom is -0.456 e. The Labute approximate surface area is 406 Å². The molecule has 0 aromatic heterocycles. The molecular weight excluding hydrogens is 855 g/mol. The van der Waals surface area contributed by atoms with Crippen molar-refractivity contribution in [2.24, 2.45) is 0 Å². The van der Waals surface area contributed by atoms with Crippen molar-refractivity contribution in [2.45, 2.75) is 0 Å². The van der Waals surface area contributed by atoms with Gasteiger partial charge in [-0.15, -0.1) is 0 Å². The van der Waals surface area contributed by atoms with Gasteiger partial charge in [0.05, 0.1) is 0 Å². The molecule has 11 aromatic carbocycles. The summed E-state index contributed by atoms with van der Waals surface area (Å²) in [5.41, 5.74) is 20.9. The molecule has 4 nitrogen and oxygen atoms in total. The molecule has 14 rings (SSSR count). The van der Waals surface area contributed by atoms with E-state index in [1.54, 1.807) is 0 Å². The summed E-state index contributed by atoms with van der Waals surface area (Å²) in [5.74, 6) is 5.08. The summed E-state index contributed by atoms with van der Waals surface area (Å²) in [4.78, 5) is 2.37. The summed E-state index contributed by atoms with van der Waals surface area (Å²) in [6.07, 6.45) is 0. The molecule has 70 heavy (non-hydrogen) atoms. The van der Waals surface area contributed by atoms with Crippen molar-refractivity contribution in [1.29, 1.82) is 0 Å². The quantitative estimate of drug-likeness (QED) is 0.172. The molecule has 0 unspecified atom stereocenters. The van der Waals surface area contributed by atoms with Crippen LogP contribution in [0.3, 0.4) is 0 Å². The van der Waals surface area contributed by atoms with E-state index in [4.69, 9.17) is 14.2 Å². The van der Waals surface area contributed by atoms with Gasteiger partial charge >= 0.3 is 0 Å². The maximum atomic E-state index is 6.60. The minimum absolute atomic E-state index is 0.833. The van der Waals surface area contributed by atoms with E-state index in [0.717, 1.165) is 129 Å². The first-order valence-corrected chi connectivity index (χ1v) is 23.7. The number of anilines is 3. The van der Waals surface area contributed by atoms with Gasteiger partial charge in [0, 0.05) is 56.0 Å². The maximum absolute atomic E-state index is 6.60. The van der Waals surface area contributed by atoms with E-state index in [-0.39, 0.29) is 0 Å². The normalized spacial score (nSPS) is 12.1. The summed E-state index contributed by atoms with van der Waals surface area (Å²) in [7, 11) is 0. The third kappa shape index (κ3) is 6.53. The van der Waals surface area contributed by atoms with Crippen LogP contribution in [0.15, 0.2) is 249 Å². The van der Waals surface area contributed by atoms with Crippen molar-refractivity contribution < 1.29 is 14.2 Å². The summed E-state index contributed by atoms with van der Waals surface area (Å²) in [5, 5.41) is 0. The Morgan fingerprint density at radius 2 is 0.514 bits per heavy atom. The van der Waals surface area contributed by atoms with Crippen LogP contribution in [0.25, 0.3) is 89.0 Å². The summed E-state index contributed by atoms with van der Waals surface area (Å²) < 4.78 is 19.7. The van der Waals surface area contributed by atoms with Crippen molar-refractivity contribution >= 4 is 17.1 Å². The lowest BCUT2D eigenvalue weighted by atomic mass is 9.87. The van der Waals surface area contributed by atoms with E-state index in [2.05, 4.69) is 217 Å². The number of para-hydroxylation sites is 6. The predicted octanol–water partition coefficient (Wildman–Crippen LogP) is 18.8. The number of nitrogens with zero attached hydrogens (tertiary/aromatic N) is 1. The third-order valence-corrected chi connectivity index (χ3v) is 13.9. The van der Waals surface area contributed by atoms with Crippen molar-refractivity contribution in [3.8, 4) is 124 Å². The number of benzene rings is 11. The molecule has 0 bridgehead atoms. The van der Waals surface area contributed by atoms with Gasteiger partial charge in [0.25, 0.3) is 0 Å². The first kappa shape index (κ1) is 39.8. The molecular formula is C66H41NO3. The highest BCUT2D eigenvalue weighted by atomic mass is 16.5. The average molecular weight is 896 g/mol. The fraction of sp³-hybridized carbons (Fsp3) is 0. The molecule has 0 saturated carbocycles. The second-order valence-corrected chi connectivity index (χ2v) is 17.9. The monoisotopic (exact) mass is 895 g/mol. The Bertz CT molecular complexity index is 3730. The number of fused-ring (bicyclic) bond motifs is 15. The van der Waals surface area contributed by atoms with Crippen LogP contribution >= 0.6 is 0 Å². The molecule has 0 atom stereocenters. The van der Waals surface area contributed by atoms with Crippen LogP contribution in [0.5, 0.6) is 34.5 Å². The van der Waals surface area contributed by atoms with E-state index in [0.29, 0.717) is 0 Å². The van der Waals surface area contributed by atoms with Crippen LogP contribution in [-0.2, 0) is 0 Å². The van der Waals surface area contributed by atoms with Gasteiger partial charge in [-0.3, -0.25) is 0 Å². The number of ether oxygens (including phenoxy) is 3. The highest BCUT2D eigenvalue weighted by molar-refractivity contribution is 6.00. The topological polar surface area (TPSA) is 30.9 Å². The Kier molecular flexibility index (Phi) is 9.17. The third-order valence-electron chi connectivity index (χ3n) is 13.9. The van der Waals surface area contributed by atoms with Crippen molar-refractivity contribution in [1.82, 2.24) is 0 Å². The Morgan fingerprint density at radius 1 is 0.200 bits per heavy atom. The number of hydrogen-bond acceptors (Lipinski definition) is 4. The maximum Gasteiger partial charge on any atom is 0.135 e. The first-order chi connectivity index (χ1) is 34.7. The molecule has 0 aliphatic carbocycles. The highest BCUT2D eigenvalue weighted by Gasteiger charge is 2.27. The predicted molar refractivity (Wildman–Crippen MR) is 285 cm³/mol. The average Bonchev–Trinajstić information content (AvgIpc) is 3.73. The summed E-state index contributed by atoms with van der Waals surface area (Å²) in [6, 6.07) is 88.1. The highest BCUT2D eigenvalue weighted by Crippen LogP contribution is 2.53. The van der Waals surface area contributed by atoms with Crippen LogP contribution in [-0.4, -0.2) is 0 Å². The first-order valence-electron chi connectivity index (χ1n) is 23.7. The SMILES string of the molecule is c1ccc2c(c1)Oc1ccccc1-c1cc(N(c3ccc(-c4ccc(-c5cccc6c5-c5ccccc5Oc5ccccc5-6)cc4)cc3)c3ccc4c(c3)-c3ccccc3Oc3ccccc3-4)ccc1-2. The van der Waals surface area contributed by atoms with Crippen LogP contribution in [0.1, 0.15) is 0 Å². The number of hydrogen-bond donors (Lipinski definition) is 0. The van der Waals surface area contributed by atoms with Gasteiger partial charge in [0.2, 0.25) is 0 Å². The fourth-order valence-corrected chi connectivity index (χ4v) is 10.7. The van der Waals surface area contributed by atoms with Gasteiger partial charge in [0.1, 0.15) is 34.5 Å². The van der Waals surface area contributed by atoms with E-state index in [1.807, 2.05) is 36.4 Å². The van der Waals surface area contributed by atoms with E-state index < -0.39 is 0 Å². The molecule has 0 saturated heterocycles. The molecule has 0 amide bonds. The zero-order valence-corrected chi connectivity index (χ0v) is 37.8. The Hall–Kier alpha value is -9.38. The van der Waals surface area contributed by atoms with Gasteiger partial charge in [-0.25, -0.2) is 0 Å². The number of rotatable bonds is 5. The fourth-order valence-electron chi connectivity index (χ4n) is 10.7.